The van der Waals surface area contributed by atoms with E-state index in [0.29, 0.717) is 0 Å². The van der Waals surface area contributed by atoms with Crippen molar-refractivity contribution in [2.45, 2.75) is 32.0 Å². The van der Waals surface area contributed by atoms with Gasteiger partial charge < -0.3 is 5.73 Å². The molecule has 19 heavy (non-hydrogen) atoms. The molecule has 0 bridgehead atoms. The van der Waals surface area contributed by atoms with E-state index in [0.717, 1.165) is 29.3 Å². The number of anilines is 1. The average Bonchev–Trinajstić information content (AvgIpc) is 3.12. The molecule has 2 N–H and O–H groups in total. The van der Waals surface area contributed by atoms with Crippen LogP contribution in [0.2, 0.25) is 0 Å². The van der Waals surface area contributed by atoms with E-state index in [2.05, 4.69) is 49.8 Å². The maximum atomic E-state index is 5.84. The van der Waals surface area contributed by atoms with Crippen molar-refractivity contribution in [2.24, 2.45) is 0 Å². The fourth-order valence-corrected chi connectivity index (χ4v) is 3.36. The van der Waals surface area contributed by atoms with E-state index < -0.39 is 0 Å². The molecule has 0 saturated heterocycles. The number of nitrogens with zero attached hydrogens (tertiary/aromatic N) is 1. The first kappa shape index (κ1) is 13.2. The number of hydrogen-bond acceptors (Lipinski definition) is 3. The van der Waals surface area contributed by atoms with Crippen LogP contribution in [0.4, 0.5) is 5.69 Å². The zero-order chi connectivity index (χ0) is 13.2. The summed E-state index contributed by atoms with van der Waals surface area (Å²) in [4.78, 5) is 2.57. The molecule has 1 heterocycles. The maximum Gasteiger partial charge on any atom is 0.0458 e. The lowest BCUT2D eigenvalue weighted by molar-refractivity contribution is 0.246. The molecule has 3 rings (SSSR count). The Morgan fingerprint density at radius 1 is 1.21 bits per heavy atom. The predicted molar refractivity (Wildman–Crippen MR) is 85.1 cm³/mol. The van der Waals surface area contributed by atoms with E-state index in [9.17, 15) is 0 Å². The van der Waals surface area contributed by atoms with Crippen LogP contribution in [-0.4, -0.2) is 10.9 Å². The Labute approximate surface area is 126 Å². The van der Waals surface area contributed by atoms with Gasteiger partial charge in [-0.1, -0.05) is 6.07 Å². The minimum absolute atomic E-state index is 0.760. The maximum absolute atomic E-state index is 5.84. The second kappa shape index (κ2) is 5.65. The van der Waals surface area contributed by atoms with Crippen LogP contribution < -0.4 is 5.73 Å². The van der Waals surface area contributed by atoms with Crippen molar-refractivity contribution in [3.63, 3.8) is 0 Å². The Balaban J connectivity index is 1.72. The lowest BCUT2D eigenvalue weighted by Gasteiger charge is -2.22. The van der Waals surface area contributed by atoms with Crippen LogP contribution in [0.1, 0.15) is 24.0 Å². The summed E-state index contributed by atoms with van der Waals surface area (Å²) in [7, 11) is 0. The van der Waals surface area contributed by atoms with Crippen molar-refractivity contribution in [3.8, 4) is 0 Å². The van der Waals surface area contributed by atoms with Crippen molar-refractivity contribution < 1.29 is 0 Å². The third kappa shape index (κ3) is 3.38. The molecule has 1 aromatic carbocycles. The Bertz CT molecular complexity index is 549. The van der Waals surface area contributed by atoms with Gasteiger partial charge in [0.15, 0.2) is 0 Å². The van der Waals surface area contributed by atoms with E-state index in [1.807, 2.05) is 6.07 Å². The predicted octanol–water partition coefficient (Wildman–Crippen LogP) is 4.26. The normalized spacial score (nSPS) is 15.1. The van der Waals surface area contributed by atoms with E-state index in [1.165, 1.54) is 24.0 Å². The first-order valence-corrected chi connectivity index (χ1v) is 8.25. The van der Waals surface area contributed by atoms with Gasteiger partial charge in [-0.25, -0.2) is 0 Å². The van der Waals surface area contributed by atoms with Crippen LogP contribution in [0.15, 0.2) is 39.5 Å². The summed E-state index contributed by atoms with van der Waals surface area (Å²) in [5.41, 5.74) is 9.39. The summed E-state index contributed by atoms with van der Waals surface area (Å²) in [5.74, 6) is 0. The number of thiophene rings is 1. The van der Waals surface area contributed by atoms with Crippen molar-refractivity contribution in [1.82, 2.24) is 4.90 Å². The van der Waals surface area contributed by atoms with Crippen LogP contribution in [0, 0.1) is 0 Å². The second-order valence-corrected chi connectivity index (χ2v) is 6.76. The lowest BCUT2D eigenvalue weighted by Crippen LogP contribution is -2.24. The summed E-state index contributed by atoms with van der Waals surface area (Å²) in [5, 5.41) is 4.40. The average molecular weight is 337 g/mol. The van der Waals surface area contributed by atoms with Crippen LogP contribution >= 0.6 is 27.3 Å². The SMILES string of the molecule is Nc1ccc(CN(Cc2ccsc2)C2CC2)cc1Br. The van der Waals surface area contributed by atoms with Crippen molar-refractivity contribution >= 4 is 33.0 Å². The van der Waals surface area contributed by atoms with Crippen LogP contribution in [0.25, 0.3) is 0 Å². The monoisotopic (exact) mass is 336 g/mol. The number of nitrogen functional groups attached to an aromatic ring is 1. The van der Waals surface area contributed by atoms with Crippen molar-refractivity contribution in [1.29, 1.82) is 0 Å². The van der Waals surface area contributed by atoms with Gasteiger partial charge in [0.05, 0.1) is 0 Å². The molecule has 0 radical (unpaired) electrons. The zero-order valence-corrected chi connectivity index (χ0v) is 13.1. The van der Waals surface area contributed by atoms with Gasteiger partial charge in [0.1, 0.15) is 0 Å². The van der Waals surface area contributed by atoms with Gasteiger partial charge in [-0.3, -0.25) is 4.90 Å². The van der Waals surface area contributed by atoms with Gasteiger partial charge in [-0.05, 0) is 68.9 Å². The number of halogens is 1. The van der Waals surface area contributed by atoms with Crippen molar-refractivity contribution in [3.05, 3.63) is 50.6 Å². The first-order valence-electron chi connectivity index (χ1n) is 6.51. The van der Waals surface area contributed by atoms with Gasteiger partial charge in [-0.2, -0.15) is 11.3 Å². The molecule has 100 valence electrons. The first-order chi connectivity index (χ1) is 9.22. The Kier molecular flexibility index (Phi) is 3.91. The molecular weight excluding hydrogens is 320 g/mol. The van der Waals surface area contributed by atoms with Gasteiger partial charge in [0, 0.05) is 29.3 Å². The largest absolute Gasteiger partial charge is 0.398 e. The zero-order valence-electron chi connectivity index (χ0n) is 10.7. The van der Waals surface area contributed by atoms with Gasteiger partial charge in [-0.15, -0.1) is 0 Å². The topological polar surface area (TPSA) is 29.3 Å². The minimum Gasteiger partial charge on any atom is -0.398 e. The Hall–Kier alpha value is -0.840. The minimum atomic E-state index is 0.760. The second-order valence-electron chi connectivity index (χ2n) is 5.12. The van der Waals surface area contributed by atoms with E-state index in [4.69, 9.17) is 5.73 Å². The molecule has 1 aromatic heterocycles. The van der Waals surface area contributed by atoms with Gasteiger partial charge >= 0.3 is 0 Å². The Morgan fingerprint density at radius 2 is 2.00 bits per heavy atom. The van der Waals surface area contributed by atoms with E-state index in [-0.39, 0.29) is 0 Å². The molecule has 0 amide bonds. The van der Waals surface area contributed by atoms with Gasteiger partial charge in [0.2, 0.25) is 0 Å². The standard InChI is InChI=1S/C15H17BrN2S/c16-14-7-11(1-4-15(14)17)8-18(13-2-3-13)9-12-5-6-19-10-12/h1,4-7,10,13H,2-3,8-9,17H2. The van der Waals surface area contributed by atoms with E-state index in [1.54, 1.807) is 11.3 Å². The summed E-state index contributed by atoms with van der Waals surface area (Å²) in [6.07, 6.45) is 2.67. The highest BCUT2D eigenvalue weighted by atomic mass is 79.9. The summed E-state index contributed by atoms with van der Waals surface area (Å²) in [6.45, 7) is 2.05. The highest BCUT2D eigenvalue weighted by Crippen LogP contribution is 2.31. The van der Waals surface area contributed by atoms with Gasteiger partial charge in [0.25, 0.3) is 0 Å². The lowest BCUT2D eigenvalue weighted by atomic mass is 10.2. The molecule has 2 nitrogen and oxygen atoms in total. The van der Waals surface area contributed by atoms with Crippen LogP contribution in [-0.2, 0) is 13.1 Å². The molecule has 1 aliphatic carbocycles. The molecule has 4 heteroatoms. The molecule has 1 aliphatic rings. The molecular formula is C15H17BrN2S. The number of benzene rings is 1. The molecule has 0 aliphatic heterocycles. The summed E-state index contributed by atoms with van der Waals surface area (Å²) >= 11 is 5.28. The van der Waals surface area contributed by atoms with Crippen molar-refractivity contribution in [2.75, 3.05) is 5.73 Å². The molecule has 2 aromatic rings. The fraction of sp³-hybridized carbons (Fsp3) is 0.333. The molecule has 0 spiro atoms. The fourth-order valence-electron chi connectivity index (χ4n) is 2.27. The highest BCUT2D eigenvalue weighted by molar-refractivity contribution is 9.10. The molecule has 0 atom stereocenters. The van der Waals surface area contributed by atoms with Crippen LogP contribution in [0.3, 0.4) is 0 Å². The number of hydrogen-bond donors (Lipinski definition) is 1. The van der Waals surface area contributed by atoms with E-state index >= 15 is 0 Å². The van der Waals surface area contributed by atoms with Crippen LogP contribution in [0.5, 0.6) is 0 Å². The third-order valence-corrected chi connectivity index (χ3v) is 4.90. The summed E-state index contributed by atoms with van der Waals surface area (Å²) < 4.78 is 0.997. The number of rotatable bonds is 5. The molecule has 1 fully saturated rings. The quantitative estimate of drug-likeness (QED) is 0.826. The summed E-state index contributed by atoms with van der Waals surface area (Å²) in [6, 6.07) is 9.23. The third-order valence-electron chi connectivity index (χ3n) is 3.48. The smallest absolute Gasteiger partial charge is 0.0458 e. The number of nitrogens with two attached hydrogens (primary N) is 1. The molecule has 1 saturated carbocycles. The molecule has 0 unspecified atom stereocenters. The Morgan fingerprint density at radius 3 is 2.63 bits per heavy atom. The highest BCUT2D eigenvalue weighted by Gasteiger charge is 2.29.